The van der Waals surface area contributed by atoms with Gasteiger partial charge in [0.1, 0.15) is 11.8 Å². The zero-order valence-corrected chi connectivity index (χ0v) is 11.2. The summed E-state index contributed by atoms with van der Waals surface area (Å²) in [5, 5.41) is 10.1. The van der Waals surface area contributed by atoms with Crippen molar-refractivity contribution >= 4 is 23.5 Å². The summed E-state index contributed by atoms with van der Waals surface area (Å²) in [6, 6.07) is 8.84. The van der Waals surface area contributed by atoms with Crippen LogP contribution < -0.4 is 0 Å². The smallest absolute Gasteiger partial charge is 0.256 e. The Bertz CT molecular complexity index is 519. The van der Waals surface area contributed by atoms with Gasteiger partial charge in [-0.05, 0) is 25.0 Å². The van der Waals surface area contributed by atoms with E-state index in [9.17, 15) is 14.7 Å². The number of aliphatic hydroxyl groups excluding tert-OH is 1. The van der Waals surface area contributed by atoms with Crippen molar-refractivity contribution in [3.8, 4) is 0 Å². The lowest BCUT2D eigenvalue weighted by molar-refractivity contribution is -0.126. The van der Waals surface area contributed by atoms with E-state index in [1.807, 2.05) is 6.07 Å². The number of aliphatic hydroxyl groups is 1. The lowest BCUT2D eigenvalue weighted by Crippen LogP contribution is -2.55. The van der Waals surface area contributed by atoms with Crippen LogP contribution in [0.15, 0.2) is 30.3 Å². The Morgan fingerprint density at radius 3 is 2.74 bits per heavy atom. The zero-order chi connectivity index (χ0) is 13.5. The van der Waals surface area contributed by atoms with Gasteiger partial charge in [-0.25, -0.2) is 0 Å². The Kier molecular flexibility index (Phi) is 3.11. The summed E-state index contributed by atoms with van der Waals surface area (Å²) in [4.78, 5) is 26.1. The maximum atomic E-state index is 12.6. The van der Waals surface area contributed by atoms with E-state index in [2.05, 4.69) is 0 Å². The van der Waals surface area contributed by atoms with Crippen molar-refractivity contribution in [3.05, 3.63) is 35.9 Å². The number of nitrogens with zero attached hydrogens (tertiary/aromatic N) is 1. The molecule has 2 aliphatic rings. The predicted molar refractivity (Wildman–Crippen MR) is 72.9 cm³/mol. The molecule has 2 saturated heterocycles. The molecule has 2 atom stereocenters. The second-order valence-corrected chi connectivity index (χ2v) is 5.99. The Hall–Kier alpha value is -1.33. The van der Waals surface area contributed by atoms with Crippen molar-refractivity contribution in [2.24, 2.45) is 0 Å². The van der Waals surface area contributed by atoms with Crippen LogP contribution in [0.25, 0.3) is 0 Å². The Morgan fingerprint density at radius 2 is 2.11 bits per heavy atom. The first kappa shape index (κ1) is 12.7. The molecule has 2 unspecified atom stereocenters. The quantitative estimate of drug-likeness (QED) is 0.840. The second kappa shape index (κ2) is 4.65. The van der Waals surface area contributed by atoms with Crippen LogP contribution in [0.1, 0.15) is 23.2 Å². The highest BCUT2D eigenvalue weighted by Crippen LogP contribution is 2.42. The second-order valence-electron chi connectivity index (χ2n) is 5.01. The SMILES string of the molecule is O=C(c1ccccc1)N1C(O)CCC12CSCC2=O. The van der Waals surface area contributed by atoms with Crippen molar-refractivity contribution < 1.29 is 14.7 Å². The first-order valence-corrected chi connectivity index (χ1v) is 7.48. The average molecular weight is 277 g/mol. The van der Waals surface area contributed by atoms with Gasteiger partial charge >= 0.3 is 0 Å². The molecule has 0 radical (unpaired) electrons. The van der Waals surface area contributed by atoms with E-state index in [0.29, 0.717) is 29.9 Å². The molecule has 19 heavy (non-hydrogen) atoms. The third-order valence-corrected chi connectivity index (χ3v) is 5.06. The molecular formula is C14H15NO3S. The summed E-state index contributed by atoms with van der Waals surface area (Å²) in [7, 11) is 0. The van der Waals surface area contributed by atoms with E-state index >= 15 is 0 Å². The third-order valence-electron chi connectivity index (χ3n) is 3.91. The van der Waals surface area contributed by atoms with E-state index in [-0.39, 0.29) is 11.7 Å². The molecule has 1 aromatic rings. The summed E-state index contributed by atoms with van der Waals surface area (Å²) in [5.41, 5.74) is -0.260. The molecule has 0 aliphatic carbocycles. The molecule has 100 valence electrons. The molecule has 2 heterocycles. The summed E-state index contributed by atoms with van der Waals surface area (Å²) in [6.45, 7) is 0. The fourth-order valence-corrected chi connectivity index (χ4v) is 4.23. The van der Waals surface area contributed by atoms with Crippen molar-refractivity contribution in [2.75, 3.05) is 11.5 Å². The molecular weight excluding hydrogens is 262 g/mol. The number of hydrogen-bond donors (Lipinski definition) is 1. The van der Waals surface area contributed by atoms with Crippen molar-refractivity contribution in [1.82, 2.24) is 4.90 Å². The molecule has 0 aromatic heterocycles. The maximum absolute atomic E-state index is 12.6. The van der Waals surface area contributed by atoms with Crippen LogP contribution in [0.2, 0.25) is 0 Å². The highest BCUT2D eigenvalue weighted by molar-refractivity contribution is 8.00. The number of Topliss-reactive ketones (excluding diaryl/α,β-unsaturated/α-hetero) is 1. The van der Waals surface area contributed by atoms with Gasteiger partial charge in [-0.1, -0.05) is 18.2 Å². The number of rotatable bonds is 1. The van der Waals surface area contributed by atoms with Crippen LogP contribution in [-0.2, 0) is 4.79 Å². The van der Waals surface area contributed by atoms with E-state index in [0.717, 1.165) is 0 Å². The molecule has 5 heteroatoms. The maximum Gasteiger partial charge on any atom is 0.256 e. The fraction of sp³-hybridized carbons (Fsp3) is 0.429. The van der Waals surface area contributed by atoms with E-state index in [4.69, 9.17) is 0 Å². The summed E-state index contributed by atoms with van der Waals surface area (Å²) in [5.74, 6) is 0.854. The standard InChI is InChI=1S/C14H15NO3S/c16-11-8-19-9-14(11)7-6-12(17)15(14)13(18)10-4-2-1-3-5-10/h1-5,12,17H,6-9H2. The van der Waals surface area contributed by atoms with E-state index in [1.165, 1.54) is 4.90 Å². The normalized spacial score (nSPS) is 30.3. The van der Waals surface area contributed by atoms with Gasteiger partial charge < -0.3 is 5.11 Å². The van der Waals surface area contributed by atoms with Gasteiger partial charge in [-0.2, -0.15) is 11.8 Å². The minimum atomic E-state index is -0.852. The average Bonchev–Trinajstić information content (AvgIpc) is 2.96. The van der Waals surface area contributed by atoms with Crippen molar-refractivity contribution in [3.63, 3.8) is 0 Å². The fourth-order valence-electron chi connectivity index (χ4n) is 2.90. The van der Waals surface area contributed by atoms with Crippen molar-refractivity contribution in [1.29, 1.82) is 0 Å². The number of likely N-dealkylation sites (tertiary alicyclic amines) is 1. The molecule has 0 bridgehead atoms. The van der Waals surface area contributed by atoms with Crippen LogP contribution in [-0.4, -0.2) is 45.0 Å². The third kappa shape index (κ3) is 1.88. The largest absolute Gasteiger partial charge is 0.373 e. The minimum Gasteiger partial charge on any atom is -0.373 e. The predicted octanol–water partition coefficient (Wildman–Crippen LogP) is 1.30. The van der Waals surface area contributed by atoms with Crippen LogP contribution in [0.3, 0.4) is 0 Å². The molecule has 3 rings (SSSR count). The number of benzene rings is 1. The van der Waals surface area contributed by atoms with Crippen LogP contribution >= 0.6 is 11.8 Å². The van der Waals surface area contributed by atoms with Gasteiger partial charge in [0.2, 0.25) is 0 Å². The first-order valence-electron chi connectivity index (χ1n) is 6.33. The first-order chi connectivity index (χ1) is 9.15. The summed E-state index contributed by atoms with van der Waals surface area (Å²) < 4.78 is 0. The number of carbonyl (C=O) groups excluding carboxylic acids is 2. The van der Waals surface area contributed by atoms with Crippen molar-refractivity contribution in [2.45, 2.75) is 24.6 Å². The summed E-state index contributed by atoms with van der Waals surface area (Å²) >= 11 is 1.54. The van der Waals surface area contributed by atoms with Gasteiger partial charge in [-0.15, -0.1) is 0 Å². The minimum absolute atomic E-state index is 0.0679. The lowest BCUT2D eigenvalue weighted by Gasteiger charge is -2.34. The van der Waals surface area contributed by atoms with Crippen LogP contribution in [0, 0.1) is 0 Å². The number of carbonyl (C=O) groups is 2. The number of ketones is 1. The number of amides is 1. The molecule has 1 aromatic carbocycles. The Balaban J connectivity index is 1.97. The number of hydrogen-bond acceptors (Lipinski definition) is 4. The van der Waals surface area contributed by atoms with Crippen LogP contribution in [0.5, 0.6) is 0 Å². The Labute approximate surface area is 115 Å². The molecule has 4 nitrogen and oxygen atoms in total. The lowest BCUT2D eigenvalue weighted by atomic mass is 9.93. The topological polar surface area (TPSA) is 57.6 Å². The van der Waals surface area contributed by atoms with Gasteiger partial charge in [0.25, 0.3) is 5.91 Å². The molecule has 1 spiro atoms. The molecule has 2 fully saturated rings. The van der Waals surface area contributed by atoms with Gasteiger partial charge in [0.05, 0.1) is 5.75 Å². The van der Waals surface area contributed by atoms with Gasteiger partial charge in [0, 0.05) is 11.3 Å². The van der Waals surface area contributed by atoms with Gasteiger partial charge in [-0.3, -0.25) is 14.5 Å². The van der Waals surface area contributed by atoms with Crippen LogP contribution in [0.4, 0.5) is 0 Å². The van der Waals surface area contributed by atoms with E-state index in [1.54, 1.807) is 36.0 Å². The Morgan fingerprint density at radius 1 is 1.37 bits per heavy atom. The molecule has 1 N–H and O–H groups in total. The molecule has 1 amide bonds. The highest BCUT2D eigenvalue weighted by atomic mass is 32.2. The molecule has 0 saturated carbocycles. The van der Waals surface area contributed by atoms with Gasteiger partial charge in [0.15, 0.2) is 5.78 Å². The van der Waals surface area contributed by atoms with E-state index < -0.39 is 11.8 Å². The summed E-state index contributed by atoms with van der Waals surface area (Å²) in [6.07, 6.45) is 0.194. The highest BCUT2D eigenvalue weighted by Gasteiger charge is 2.55. The zero-order valence-electron chi connectivity index (χ0n) is 10.4. The number of thioether (sulfide) groups is 1. The molecule has 2 aliphatic heterocycles. The monoisotopic (exact) mass is 277 g/mol.